The third kappa shape index (κ3) is 19.4. The second-order valence-electron chi connectivity index (χ2n) is 7.55. The SMILES string of the molecule is C1CCOC1.C=CCCC(CC(=O)OCC)C(=C)C.C=CCCC(CC=O)C(=C)C. The molecule has 1 rings (SSSR count). The summed E-state index contributed by atoms with van der Waals surface area (Å²) in [4.78, 5) is 21.4. The summed E-state index contributed by atoms with van der Waals surface area (Å²) in [5.41, 5.74) is 2.14. The van der Waals surface area contributed by atoms with Gasteiger partial charge in [0, 0.05) is 19.6 Å². The van der Waals surface area contributed by atoms with Crippen LogP contribution in [0, 0.1) is 11.8 Å². The van der Waals surface area contributed by atoms with Crippen molar-refractivity contribution in [2.75, 3.05) is 19.8 Å². The fourth-order valence-corrected chi connectivity index (χ4v) is 2.77. The van der Waals surface area contributed by atoms with E-state index in [-0.39, 0.29) is 11.9 Å². The lowest BCUT2D eigenvalue weighted by molar-refractivity contribution is -0.144. The normalized spacial score (nSPS) is 14.0. The Hall–Kier alpha value is -1.94. The molecule has 2 atom stereocenters. The van der Waals surface area contributed by atoms with Gasteiger partial charge in [0.15, 0.2) is 0 Å². The van der Waals surface area contributed by atoms with Gasteiger partial charge >= 0.3 is 5.97 Å². The van der Waals surface area contributed by atoms with E-state index in [4.69, 9.17) is 9.47 Å². The van der Waals surface area contributed by atoms with Gasteiger partial charge < -0.3 is 14.3 Å². The zero-order valence-corrected chi connectivity index (χ0v) is 19.6. The van der Waals surface area contributed by atoms with Gasteiger partial charge in [0.25, 0.3) is 0 Å². The number of ether oxygens (including phenoxy) is 2. The molecule has 0 aromatic carbocycles. The lowest BCUT2D eigenvalue weighted by atomic mass is 9.93. The first kappa shape index (κ1) is 30.3. The molecular weight excluding hydrogens is 376 g/mol. The van der Waals surface area contributed by atoms with E-state index in [1.54, 1.807) is 0 Å². The lowest BCUT2D eigenvalue weighted by Gasteiger charge is -2.14. The van der Waals surface area contributed by atoms with Crippen molar-refractivity contribution in [3.8, 4) is 0 Å². The first-order valence-electron chi connectivity index (χ1n) is 11.0. The van der Waals surface area contributed by atoms with Crippen molar-refractivity contribution in [3.63, 3.8) is 0 Å². The van der Waals surface area contributed by atoms with Gasteiger partial charge in [0.05, 0.1) is 13.0 Å². The van der Waals surface area contributed by atoms with Crippen LogP contribution in [0.4, 0.5) is 0 Å². The molecule has 4 nitrogen and oxygen atoms in total. The zero-order chi connectivity index (χ0) is 23.2. The Morgan fingerprint density at radius 2 is 1.50 bits per heavy atom. The highest BCUT2D eigenvalue weighted by atomic mass is 16.5. The van der Waals surface area contributed by atoms with Crippen molar-refractivity contribution >= 4 is 12.3 Å². The van der Waals surface area contributed by atoms with E-state index >= 15 is 0 Å². The van der Waals surface area contributed by atoms with E-state index in [1.165, 1.54) is 12.8 Å². The average molecular weight is 421 g/mol. The van der Waals surface area contributed by atoms with Crippen LogP contribution in [0.5, 0.6) is 0 Å². The minimum Gasteiger partial charge on any atom is -0.466 e. The van der Waals surface area contributed by atoms with Crippen LogP contribution < -0.4 is 0 Å². The fourth-order valence-electron chi connectivity index (χ4n) is 2.77. The molecule has 1 heterocycles. The van der Waals surface area contributed by atoms with E-state index in [9.17, 15) is 9.59 Å². The molecule has 0 spiro atoms. The number of aldehydes is 1. The molecule has 0 bridgehead atoms. The maximum Gasteiger partial charge on any atom is 0.306 e. The summed E-state index contributed by atoms with van der Waals surface area (Å²) >= 11 is 0. The number of hydrogen-bond acceptors (Lipinski definition) is 4. The van der Waals surface area contributed by atoms with Crippen LogP contribution in [0.15, 0.2) is 49.6 Å². The average Bonchev–Trinajstić information content (AvgIpc) is 3.29. The standard InChI is InChI=1S/C12H20O2.C10H16O.C4H8O/c1-5-7-8-11(10(3)4)9-12(13)14-6-2;1-4-5-6-10(7-8-11)9(2)3;1-2-4-5-3-1/h5,11H,1,3,6-9H2,2,4H3;4,8,10H,1-2,5-7H2,3H3;1-4H2. The number of carbonyl (C=O) groups excluding carboxylic acids is 2. The fraction of sp³-hybridized carbons (Fsp3) is 0.615. The van der Waals surface area contributed by atoms with Crippen LogP contribution >= 0.6 is 0 Å². The third-order valence-corrected chi connectivity index (χ3v) is 4.76. The second-order valence-corrected chi connectivity index (χ2v) is 7.55. The molecule has 1 fully saturated rings. The summed E-state index contributed by atoms with van der Waals surface area (Å²) < 4.78 is 9.84. The number of allylic oxidation sites excluding steroid dienone is 4. The Kier molecular flexibility index (Phi) is 21.9. The van der Waals surface area contributed by atoms with Gasteiger partial charge in [-0.1, -0.05) is 36.5 Å². The Morgan fingerprint density at radius 3 is 1.83 bits per heavy atom. The van der Waals surface area contributed by atoms with Crippen LogP contribution in [-0.2, 0) is 19.1 Å². The zero-order valence-electron chi connectivity index (χ0n) is 19.6. The smallest absolute Gasteiger partial charge is 0.306 e. The van der Waals surface area contributed by atoms with E-state index in [1.807, 2.05) is 32.9 Å². The molecule has 0 aromatic heterocycles. The largest absolute Gasteiger partial charge is 0.466 e. The maximum absolute atomic E-state index is 11.2. The molecule has 0 aliphatic carbocycles. The van der Waals surface area contributed by atoms with Gasteiger partial charge in [-0.05, 0) is 71.1 Å². The van der Waals surface area contributed by atoms with Gasteiger partial charge in [-0.25, -0.2) is 0 Å². The topological polar surface area (TPSA) is 52.6 Å². The first-order chi connectivity index (χ1) is 14.3. The molecule has 172 valence electrons. The number of hydrogen-bond donors (Lipinski definition) is 0. The highest BCUT2D eigenvalue weighted by molar-refractivity contribution is 5.70. The molecule has 0 radical (unpaired) electrons. The molecule has 0 aromatic rings. The molecule has 0 saturated carbocycles. The molecule has 1 aliphatic rings. The summed E-state index contributed by atoms with van der Waals surface area (Å²) in [5.74, 6) is 0.446. The molecular formula is C26H44O4. The quantitative estimate of drug-likeness (QED) is 0.191. The third-order valence-electron chi connectivity index (χ3n) is 4.76. The highest BCUT2D eigenvalue weighted by Crippen LogP contribution is 2.20. The predicted molar refractivity (Wildman–Crippen MR) is 127 cm³/mol. The number of rotatable bonds is 13. The highest BCUT2D eigenvalue weighted by Gasteiger charge is 2.14. The summed E-state index contributed by atoms with van der Waals surface area (Å²) in [7, 11) is 0. The molecule has 1 saturated heterocycles. The predicted octanol–water partition coefficient (Wildman–Crippen LogP) is 6.63. The van der Waals surface area contributed by atoms with Crippen molar-refractivity contribution in [3.05, 3.63) is 49.6 Å². The number of esters is 1. The lowest BCUT2D eigenvalue weighted by Crippen LogP contribution is -2.12. The van der Waals surface area contributed by atoms with E-state index in [0.29, 0.717) is 25.4 Å². The summed E-state index contributed by atoms with van der Waals surface area (Å²) in [6.07, 6.45) is 12.1. The Labute approximate surface area is 185 Å². The van der Waals surface area contributed by atoms with Crippen molar-refractivity contribution in [1.29, 1.82) is 0 Å². The molecule has 0 N–H and O–H groups in total. The van der Waals surface area contributed by atoms with Gasteiger partial charge in [-0.3, -0.25) is 4.79 Å². The summed E-state index contributed by atoms with van der Waals surface area (Å²) in [5, 5.41) is 0. The maximum atomic E-state index is 11.2. The van der Waals surface area contributed by atoms with Crippen LogP contribution in [0.25, 0.3) is 0 Å². The molecule has 1 aliphatic heterocycles. The summed E-state index contributed by atoms with van der Waals surface area (Å²) in [6.45, 7) is 23.2. The van der Waals surface area contributed by atoms with Crippen molar-refractivity contribution in [1.82, 2.24) is 0 Å². The van der Waals surface area contributed by atoms with E-state index in [2.05, 4.69) is 26.3 Å². The van der Waals surface area contributed by atoms with Gasteiger partial charge in [0.1, 0.15) is 6.29 Å². The van der Waals surface area contributed by atoms with Gasteiger partial charge in [0.2, 0.25) is 0 Å². The molecule has 30 heavy (non-hydrogen) atoms. The Bertz CT molecular complexity index is 496. The monoisotopic (exact) mass is 420 g/mol. The molecule has 2 unspecified atom stereocenters. The Balaban J connectivity index is 0. The van der Waals surface area contributed by atoms with Crippen molar-refractivity contribution in [2.45, 2.75) is 72.1 Å². The van der Waals surface area contributed by atoms with Crippen LogP contribution in [-0.4, -0.2) is 32.1 Å². The van der Waals surface area contributed by atoms with Crippen LogP contribution in [0.2, 0.25) is 0 Å². The minimum absolute atomic E-state index is 0.135. The van der Waals surface area contributed by atoms with E-state index < -0.39 is 0 Å². The summed E-state index contributed by atoms with van der Waals surface area (Å²) in [6, 6.07) is 0. The Morgan fingerprint density at radius 1 is 1.00 bits per heavy atom. The van der Waals surface area contributed by atoms with Crippen LogP contribution in [0.1, 0.15) is 72.1 Å². The van der Waals surface area contributed by atoms with Gasteiger partial charge in [-0.15, -0.1) is 13.2 Å². The van der Waals surface area contributed by atoms with Crippen LogP contribution in [0.3, 0.4) is 0 Å². The minimum atomic E-state index is -0.135. The van der Waals surface area contributed by atoms with Crippen molar-refractivity contribution in [2.24, 2.45) is 11.8 Å². The van der Waals surface area contributed by atoms with Crippen molar-refractivity contribution < 1.29 is 19.1 Å². The molecule has 4 heteroatoms. The first-order valence-corrected chi connectivity index (χ1v) is 11.0. The van der Waals surface area contributed by atoms with Gasteiger partial charge in [-0.2, -0.15) is 0 Å². The second kappa shape index (κ2) is 21.8. The van der Waals surface area contributed by atoms with E-state index in [0.717, 1.165) is 56.3 Å². The number of carbonyl (C=O) groups is 2. The molecule has 0 amide bonds.